The lowest BCUT2D eigenvalue weighted by Crippen LogP contribution is -2.25. The van der Waals surface area contributed by atoms with Crippen molar-refractivity contribution in [1.29, 1.82) is 0 Å². The molecule has 0 radical (unpaired) electrons. The minimum atomic E-state index is 0.0735. The van der Waals surface area contributed by atoms with Crippen LogP contribution < -0.4 is 5.32 Å². The zero-order valence-electron chi connectivity index (χ0n) is 12.6. The summed E-state index contributed by atoms with van der Waals surface area (Å²) in [6.07, 6.45) is 6.03. The van der Waals surface area contributed by atoms with E-state index in [4.69, 9.17) is 5.11 Å². The molecule has 112 valence electrons. The molecule has 21 heavy (non-hydrogen) atoms. The number of amides is 1. The van der Waals surface area contributed by atoms with Crippen molar-refractivity contribution in [2.45, 2.75) is 45.4 Å². The molecule has 3 heteroatoms. The van der Waals surface area contributed by atoms with Crippen LogP contribution in [0.4, 0.5) is 5.69 Å². The predicted molar refractivity (Wildman–Crippen MR) is 85.0 cm³/mol. The van der Waals surface area contributed by atoms with Crippen LogP contribution in [0.5, 0.6) is 0 Å². The summed E-state index contributed by atoms with van der Waals surface area (Å²) in [5.41, 5.74) is 2.77. The summed E-state index contributed by atoms with van der Waals surface area (Å²) in [5.74, 6) is 6.20. The molecule has 1 aliphatic rings. The number of benzene rings is 1. The standard InChI is InChI=1S/C18H23NO2/c1-14-10-11-15(7-5-6-12-20)13-17(14)19-18(21)16-8-3-2-4-9-16/h10-11,13,16,20H,2-4,6,8-9,12H2,1H3,(H,19,21). The monoisotopic (exact) mass is 285 g/mol. The van der Waals surface area contributed by atoms with E-state index in [2.05, 4.69) is 17.2 Å². The fourth-order valence-electron chi connectivity index (χ4n) is 2.65. The maximum atomic E-state index is 12.3. The molecule has 1 aromatic carbocycles. The molecule has 0 heterocycles. The van der Waals surface area contributed by atoms with Gasteiger partial charge in [0.05, 0.1) is 6.61 Å². The van der Waals surface area contributed by atoms with E-state index < -0.39 is 0 Å². The Labute approximate surface area is 126 Å². The third-order valence-electron chi connectivity index (χ3n) is 3.94. The normalized spacial score (nSPS) is 15.1. The molecule has 0 aromatic heterocycles. The van der Waals surface area contributed by atoms with Gasteiger partial charge < -0.3 is 10.4 Å². The van der Waals surface area contributed by atoms with E-state index in [0.717, 1.165) is 42.5 Å². The molecule has 0 atom stereocenters. The first-order valence-corrected chi connectivity index (χ1v) is 7.72. The number of hydrogen-bond acceptors (Lipinski definition) is 2. The largest absolute Gasteiger partial charge is 0.395 e. The van der Waals surface area contributed by atoms with E-state index in [1.54, 1.807) is 0 Å². The third-order valence-corrected chi connectivity index (χ3v) is 3.94. The number of aliphatic hydroxyl groups is 1. The molecule has 0 unspecified atom stereocenters. The number of aryl methyl sites for hydroxylation is 1. The van der Waals surface area contributed by atoms with E-state index >= 15 is 0 Å². The fraction of sp³-hybridized carbons (Fsp3) is 0.500. The number of nitrogens with one attached hydrogen (secondary N) is 1. The Hall–Kier alpha value is -1.79. The average Bonchev–Trinajstić information content (AvgIpc) is 2.51. The number of rotatable bonds is 3. The van der Waals surface area contributed by atoms with Gasteiger partial charge in [-0.15, -0.1) is 0 Å². The molecule has 1 aromatic rings. The highest BCUT2D eigenvalue weighted by molar-refractivity contribution is 5.93. The van der Waals surface area contributed by atoms with Crippen LogP contribution >= 0.6 is 0 Å². The van der Waals surface area contributed by atoms with E-state index in [1.807, 2.05) is 25.1 Å². The Kier molecular flexibility index (Phi) is 5.83. The second-order valence-electron chi connectivity index (χ2n) is 5.63. The number of carbonyl (C=O) groups excluding carboxylic acids is 1. The van der Waals surface area contributed by atoms with Crippen LogP contribution in [-0.4, -0.2) is 17.6 Å². The van der Waals surface area contributed by atoms with Gasteiger partial charge in [0.15, 0.2) is 0 Å². The van der Waals surface area contributed by atoms with Crippen molar-refractivity contribution < 1.29 is 9.90 Å². The maximum absolute atomic E-state index is 12.3. The lowest BCUT2D eigenvalue weighted by molar-refractivity contribution is -0.120. The third kappa shape index (κ3) is 4.61. The second kappa shape index (κ2) is 7.85. The van der Waals surface area contributed by atoms with Crippen LogP contribution in [0.15, 0.2) is 18.2 Å². The smallest absolute Gasteiger partial charge is 0.227 e. The van der Waals surface area contributed by atoms with Gasteiger partial charge in [0.1, 0.15) is 0 Å². The first kappa shape index (κ1) is 15.6. The Morgan fingerprint density at radius 3 is 2.81 bits per heavy atom. The highest BCUT2D eigenvalue weighted by atomic mass is 16.2. The topological polar surface area (TPSA) is 49.3 Å². The summed E-state index contributed by atoms with van der Waals surface area (Å²) in [5, 5.41) is 11.8. The molecular weight excluding hydrogens is 262 g/mol. The molecule has 1 aliphatic carbocycles. The molecular formula is C18H23NO2. The first-order chi connectivity index (χ1) is 10.2. The summed E-state index contributed by atoms with van der Waals surface area (Å²) in [6.45, 7) is 2.06. The van der Waals surface area contributed by atoms with Crippen molar-refractivity contribution in [1.82, 2.24) is 0 Å². The fourth-order valence-corrected chi connectivity index (χ4v) is 2.65. The SMILES string of the molecule is Cc1ccc(C#CCCO)cc1NC(=O)C1CCCCC1. The summed E-state index contributed by atoms with van der Waals surface area (Å²) >= 11 is 0. The van der Waals surface area contributed by atoms with Crippen molar-refractivity contribution in [3.8, 4) is 11.8 Å². The first-order valence-electron chi connectivity index (χ1n) is 7.72. The summed E-state index contributed by atoms with van der Waals surface area (Å²) < 4.78 is 0. The Balaban J connectivity index is 2.06. The summed E-state index contributed by atoms with van der Waals surface area (Å²) in [6, 6.07) is 5.83. The van der Waals surface area contributed by atoms with E-state index in [9.17, 15) is 4.79 Å². The lowest BCUT2D eigenvalue weighted by atomic mass is 9.88. The molecule has 1 amide bonds. The van der Waals surface area contributed by atoms with Crippen LogP contribution in [0.3, 0.4) is 0 Å². The van der Waals surface area contributed by atoms with E-state index in [1.165, 1.54) is 6.42 Å². The predicted octanol–water partition coefficient (Wildman–Crippen LogP) is 3.25. The van der Waals surface area contributed by atoms with Gasteiger partial charge in [0, 0.05) is 23.6 Å². The van der Waals surface area contributed by atoms with E-state index in [0.29, 0.717) is 6.42 Å². The van der Waals surface area contributed by atoms with Crippen molar-refractivity contribution >= 4 is 11.6 Å². The summed E-state index contributed by atoms with van der Waals surface area (Å²) in [7, 11) is 0. The Bertz CT molecular complexity index is 548. The Morgan fingerprint density at radius 2 is 2.10 bits per heavy atom. The molecule has 0 aliphatic heterocycles. The van der Waals surface area contributed by atoms with Crippen LogP contribution in [0.1, 0.15) is 49.7 Å². The van der Waals surface area contributed by atoms with Crippen molar-refractivity contribution in [2.24, 2.45) is 5.92 Å². The highest BCUT2D eigenvalue weighted by Gasteiger charge is 2.21. The number of anilines is 1. The van der Waals surface area contributed by atoms with Crippen LogP contribution in [0, 0.1) is 24.7 Å². The van der Waals surface area contributed by atoms with Crippen LogP contribution in [0.2, 0.25) is 0 Å². The van der Waals surface area contributed by atoms with Gasteiger partial charge >= 0.3 is 0 Å². The van der Waals surface area contributed by atoms with Gasteiger partial charge in [-0.05, 0) is 37.5 Å². The molecule has 2 rings (SSSR count). The zero-order chi connectivity index (χ0) is 15.1. The molecule has 2 N–H and O–H groups in total. The van der Waals surface area contributed by atoms with Crippen LogP contribution in [-0.2, 0) is 4.79 Å². The number of aliphatic hydroxyl groups excluding tert-OH is 1. The lowest BCUT2D eigenvalue weighted by Gasteiger charge is -2.21. The molecule has 0 saturated heterocycles. The molecule has 1 saturated carbocycles. The van der Waals surface area contributed by atoms with Gasteiger partial charge in [-0.1, -0.05) is 37.2 Å². The number of hydrogen-bond donors (Lipinski definition) is 2. The van der Waals surface area contributed by atoms with Crippen molar-refractivity contribution in [2.75, 3.05) is 11.9 Å². The van der Waals surface area contributed by atoms with E-state index in [-0.39, 0.29) is 18.4 Å². The van der Waals surface area contributed by atoms with Crippen molar-refractivity contribution in [3.05, 3.63) is 29.3 Å². The number of carbonyl (C=O) groups is 1. The van der Waals surface area contributed by atoms with Gasteiger partial charge in [-0.25, -0.2) is 0 Å². The minimum Gasteiger partial charge on any atom is -0.395 e. The van der Waals surface area contributed by atoms with Gasteiger partial charge in [-0.3, -0.25) is 4.79 Å². The minimum absolute atomic E-state index is 0.0735. The maximum Gasteiger partial charge on any atom is 0.227 e. The second-order valence-corrected chi connectivity index (χ2v) is 5.63. The molecule has 0 bridgehead atoms. The quantitative estimate of drug-likeness (QED) is 0.838. The van der Waals surface area contributed by atoms with Gasteiger partial charge in [0.2, 0.25) is 5.91 Å². The highest BCUT2D eigenvalue weighted by Crippen LogP contribution is 2.26. The molecule has 1 fully saturated rings. The van der Waals surface area contributed by atoms with Gasteiger partial charge in [-0.2, -0.15) is 0 Å². The van der Waals surface area contributed by atoms with Crippen molar-refractivity contribution in [3.63, 3.8) is 0 Å². The summed E-state index contributed by atoms with van der Waals surface area (Å²) in [4.78, 5) is 12.3. The van der Waals surface area contributed by atoms with Crippen LogP contribution in [0.25, 0.3) is 0 Å². The average molecular weight is 285 g/mol. The van der Waals surface area contributed by atoms with Gasteiger partial charge in [0.25, 0.3) is 0 Å². The molecule has 3 nitrogen and oxygen atoms in total. The Morgan fingerprint density at radius 1 is 1.33 bits per heavy atom. The molecule has 0 spiro atoms. The zero-order valence-corrected chi connectivity index (χ0v) is 12.6.